The Labute approximate surface area is 171 Å². The third-order valence-corrected chi connectivity index (χ3v) is 4.76. The molecular weight excluding hydrogens is 380 g/mol. The maximum Gasteiger partial charge on any atom is 0.291 e. The van der Waals surface area contributed by atoms with Crippen LogP contribution in [-0.2, 0) is 9.59 Å². The standard InChI is InChI=1S/C21H33F2N3O3/c1-13(2)10-17(24)19(28)21(22,23)12-26-20(29)18(14(3)11-25-15(4)27)16-8-6-5-7-9-16/h5-9,13-14,17-19,28H,10-12,24H2,1-4H3,(H,25,27)(H,26,29)/t14?,17?,18-,19?/m1/s1. The molecule has 2 amide bonds. The van der Waals surface area contributed by atoms with Crippen LogP contribution in [0.3, 0.4) is 0 Å². The number of aliphatic hydroxyl groups excluding tert-OH is 1. The van der Waals surface area contributed by atoms with Gasteiger partial charge in [-0.15, -0.1) is 0 Å². The van der Waals surface area contributed by atoms with Crippen LogP contribution < -0.4 is 16.4 Å². The van der Waals surface area contributed by atoms with Crippen molar-refractivity contribution in [3.05, 3.63) is 35.9 Å². The van der Waals surface area contributed by atoms with Crippen LogP contribution in [0.2, 0.25) is 0 Å². The molecule has 8 heteroatoms. The van der Waals surface area contributed by atoms with Gasteiger partial charge in [-0.3, -0.25) is 9.59 Å². The maximum absolute atomic E-state index is 14.4. The molecule has 1 aromatic carbocycles. The van der Waals surface area contributed by atoms with E-state index < -0.39 is 36.4 Å². The normalized spacial score (nSPS) is 16.0. The summed E-state index contributed by atoms with van der Waals surface area (Å²) in [6, 6.07) is 7.68. The number of aliphatic hydroxyl groups is 1. The van der Waals surface area contributed by atoms with E-state index in [1.807, 2.05) is 13.8 Å². The van der Waals surface area contributed by atoms with Crippen molar-refractivity contribution in [3.8, 4) is 0 Å². The number of alkyl halides is 2. The molecule has 0 saturated heterocycles. The first kappa shape index (κ1) is 25.0. The summed E-state index contributed by atoms with van der Waals surface area (Å²) in [5.74, 6) is -5.41. The lowest BCUT2D eigenvalue weighted by molar-refractivity contribution is -0.134. The molecule has 0 aromatic heterocycles. The van der Waals surface area contributed by atoms with Gasteiger partial charge in [-0.05, 0) is 23.8 Å². The second-order valence-corrected chi connectivity index (χ2v) is 8.02. The van der Waals surface area contributed by atoms with E-state index in [2.05, 4.69) is 10.6 Å². The zero-order valence-electron chi connectivity index (χ0n) is 17.5. The van der Waals surface area contributed by atoms with Crippen molar-refractivity contribution in [2.24, 2.45) is 17.6 Å². The average Bonchev–Trinajstić information content (AvgIpc) is 2.64. The number of hydrogen-bond donors (Lipinski definition) is 4. The van der Waals surface area contributed by atoms with Crippen LogP contribution in [0.4, 0.5) is 8.78 Å². The highest BCUT2D eigenvalue weighted by atomic mass is 19.3. The van der Waals surface area contributed by atoms with Crippen molar-refractivity contribution >= 4 is 11.8 Å². The largest absolute Gasteiger partial charge is 0.385 e. The predicted octanol–water partition coefficient (Wildman–Crippen LogP) is 2.03. The SMILES string of the molecule is CC(=O)NCC(C)[C@@H](C(=O)NCC(F)(F)C(O)C(N)CC(C)C)c1ccccc1. The molecule has 4 atom stereocenters. The van der Waals surface area contributed by atoms with Gasteiger partial charge in [0.15, 0.2) is 0 Å². The van der Waals surface area contributed by atoms with E-state index in [-0.39, 0.29) is 30.7 Å². The third-order valence-electron chi connectivity index (χ3n) is 4.76. The van der Waals surface area contributed by atoms with Crippen LogP contribution >= 0.6 is 0 Å². The first-order chi connectivity index (χ1) is 13.5. The van der Waals surface area contributed by atoms with Crippen LogP contribution in [0.25, 0.3) is 0 Å². The molecule has 3 unspecified atom stereocenters. The van der Waals surface area contributed by atoms with E-state index >= 15 is 0 Å². The first-order valence-electron chi connectivity index (χ1n) is 9.84. The summed E-state index contributed by atoms with van der Waals surface area (Å²) in [5.41, 5.74) is 6.35. The molecule has 0 saturated carbocycles. The number of nitrogens with one attached hydrogen (secondary N) is 2. The van der Waals surface area contributed by atoms with Gasteiger partial charge in [0, 0.05) is 19.5 Å². The molecule has 1 rings (SSSR count). The van der Waals surface area contributed by atoms with Crippen molar-refractivity contribution in [1.82, 2.24) is 10.6 Å². The van der Waals surface area contributed by atoms with Crippen LogP contribution in [-0.4, -0.2) is 48.1 Å². The van der Waals surface area contributed by atoms with E-state index in [9.17, 15) is 23.5 Å². The van der Waals surface area contributed by atoms with Crippen LogP contribution in [0, 0.1) is 11.8 Å². The van der Waals surface area contributed by atoms with Gasteiger partial charge in [0.25, 0.3) is 5.92 Å². The summed E-state index contributed by atoms with van der Waals surface area (Å²) >= 11 is 0. The number of hydrogen-bond acceptors (Lipinski definition) is 4. The number of carbonyl (C=O) groups is 2. The van der Waals surface area contributed by atoms with E-state index in [0.29, 0.717) is 5.56 Å². The van der Waals surface area contributed by atoms with Gasteiger partial charge in [0.2, 0.25) is 11.8 Å². The van der Waals surface area contributed by atoms with Crippen LogP contribution in [0.5, 0.6) is 0 Å². The fourth-order valence-corrected chi connectivity index (χ4v) is 3.23. The third kappa shape index (κ3) is 8.06. The molecule has 29 heavy (non-hydrogen) atoms. The summed E-state index contributed by atoms with van der Waals surface area (Å²) in [5, 5.41) is 14.9. The highest BCUT2D eigenvalue weighted by molar-refractivity contribution is 5.84. The Kier molecular flexibility index (Phi) is 9.65. The molecule has 0 aliphatic heterocycles. The number of nitrogens with two attached hydrogens (primary N) is 1. The Hall–Kier alpha value is -2.06. The van der Waals surface area contributed by atoms with E-state index in [1.54, 1.807) is 37.3 Å². The molecule has 0 aliphatic rings. The number of halogens is 2. The van der Waals surface area contributed by atoms with Crippen molar-refractivity contribution in [2.75, 3.05) is 13.1 Å². The van der Waals surface area contributed by atoms with E-state index in [4.69, 9.17) is 5.73 Å². The molecule has 5 N–H and O–H groups in total. The fraction of sp³-hybridized carbons (Fsp3) is 0.619. The van der Waals surface area contributed by atoms with Gasteiger partial charge < -0.3 is 21.5 Å². The van der Waals surface area contributed by atoms with E-state index in [0.717, 1.165) is 0 Å². The van der Waals surface area contributed by atoms with E-state index in [1.165, 1.54) is 6.92 Å². The molecule has 0 heterocycles. The van der Waals surface area contributed by atoms with Gasteiger partial charge >= 0.3 is 0 Å². The predicted molar refractivity (Wildman–Crippen MR) is 108 cm³/mol. The maximum atomic E-state index is 14.4. The minimum absolute atomic E-state index is 0.0575. The average molecular weight is 414 g/mol. The van der Waals surface area contributed by atoms with Crippen LogP contribution in [0.1, 0.15) is 45.6 Å². The lowest BCUT2D eigenvalue weighted by Gasteiger charge is -2.30. The highest BCUT2D eigenvalue weighted by Crippen LogP contribution is 2.26. The highest BCUT2D eigenvalue weighted by Gasteiger charge is 2.43. The quantitative estimate of drug-likeness (QED) is 0.446. The van der Waals surface area contributed by atoms with Gasteiger partial charge in [-0.2, -0.15) is 0 Å². The van der Waals surface area contributed by atoms with Crippen molar-refractivity contribution in [1.29, 1.82) is 0 Å². The lowest BCUT2D eigenvalue weighted by atomic mass is 9.86. The second kappa shape index (κ2) is 11.2. The molecule has 6 nitrogen and oxygen atoms in total. The van der Waals surface area contributed by atoms with Gasteiger partial charge in [-0.1, -0.05) is 51.1 Å². The Morgan fingerprint density at radius 3 is 2.24 bits per heavy atom. The van der Waals surface area contributed by atoms with Gasteiger partial charge in [0.05, 0.1) is 12.5 Å². The Bertz CT molecular complexity index is 656. The zero-order chi connectivity index (χ0) is 22.2. The fourth-order valence-electron chi connectivity index (χ4n) is 3.23. The lowest BCUT2D eigenvalue weighted by Crippen LogP contribution is -2.53. The number of benzene rings is 1. The van der Waals surface area contributed by atoms with Crippen molar-refractivity contribution in [3.63, 3.8) is 0 Å². The monoisotopic (exact) mass is 413 g/mol. The summed E-state index contributed by atoms with van der Waals surface area (Å²) in [7, 11) is 0. The van der Waals surface area contributed by atoms with Gasteiger partial charge in [-0.25, -0.2) is 8.78 Å². The molecule has 0 fully saturated rings. The number of amides is 2. The molecule has 0 spiro atoms. The minimum atomic E-state index is -3.56. The Morgan fingerprint density at radius 2 is 1.72 bits per heavy atom. The smallest absolute Gasteiger partial charge is 0.291 e. The van der Waals surface area contributed by atoms with Gasteiger partial charge in [0.1, 0.15) is 6.10 Å². The topological polar surface area (TPSA) is 104 Å². The summed E-state index contributed by atoms with van der Waals surface area (Å²) in [6.45, 7) is 5.99. The Morgan fingerprint density at radius 1 is 1.14 bits per heavy atom. The zero-order valence-corrected chi connectivity index (χ0v) is 17.5. The molecule has 0 aliphatic carbocycles. The van der Waals surface area contributed by atoms with Crippen molar-refractivity contribution < 1.29 is 23.5 Å². The molecular formula is C21H33F2N3O3. The molecule has 1 aromatic rings. The summed E-state index contributed by atoms with van der Waals surface area (Å²) in [6.07, 6.45) is -1.82. The Balaban J connectivity index is 2.87. The molecule has 164 valence electrons. The van der Waals surface area contributed by atoms with Crippen LogP contribution in [0.15, 0.2) is 30.3 Å². The molecule has 0 bridgehead atoms. The second-order valence-electron chi connectivity index (χ2n) is 8.02. The first-order valence-corrected chi connectivity index (χ1v) is 9.84. The minimum Gasteiger partial charge on any atom is -0.385 e. The molecule has 0 radical (unpaired) electrons. The number of rotatable bonds is 11. The van der Waals surface area contributed by atoms with Crippen molar-refractivity contribution in [2.45, 2.75) is 58.1 Å². The summed E-state index contributed by atoms with van der Waals surface area (Å²) < 4.78 is 28.8. The number of carbonyl (C=O) groups excluding carboxylic acids is 2. The summed E-state index contributed by atoms with van der Waals surface area (Å²) in [4.78, 5) is 24.0.